The number of H-pyrrole nitrogens is 1. The number of anilines is 1. The topological polar surface area (TPSA) is 113 Å². The number of aliphatic hydroxyl groups excluding tert-OH is 1. The van der Waals surface area contributed by atoms with Crippen LogP contribution >= 0.6 is 0 Å². The van der Waals surface area contributed by atoms with E-state index in [-0.39, 0.29) is 5.56 Å². The lowest BCUT2D eigenvalue weighted by molar-refractivity contribution is -0.124. The van der Waals surface area contributed by atoms with Crippen molar-refractivity contribution in [2.24, 2.45) is 0 Å². The molecule has 0 aliphatic carbocycles. The van der Waals surface area contributed by atoms with Crippen LogP contribution in [0.15, 0.2) is 71.9 Å². The van der Waals surface area contributed by atoms with E-state index >= 15 is 0 Å². The number of aromatic amines is 1. The van der Waals surface area contributed by atoms with Crippen LogP contribution in [0.1, 0.15) is 11.7 Å². The van der Waals surface area contributed by atoms with E-state index < -0.39 is 12.0 Å². The van der Waals surface area contributed by atoms with Gasteiger partial charge in [0.05, 0.1) is 18.2 Å². The average Bonchev–Trinajstić information content (AvgIpc) is 3.14. The molecule has 1 atom stereocenters. The zero-order valence-corrected chi connectivity index (χ0v) is 14.0. The second-order valence-corrected chi connectivity index (χ2v) is 5.87. The number of aliphatic hydroxyl groups is 1. The molecule has 0 bridgehead atoms. The van der Waals surface area contributed by atoms with E-state index in [9.17, 15) is 14.7 Å². The minimum absolute atomic E-state index is 0.259. The highest BCUT2D eigenvalue weighted by Crippen LogP contribution is 2.19. The molecular formula is C19H15N5O3. The molecule has 27 heavy (non-hydrogen) atoms. The van der Waals surface area contributed by atoms with Crippen LogP contribution < -0.4 is 10.9 Å². The van der Waals surface area contributed by atoms with Crippen molar-refractivity contribution in [2.75, 3.05) is 5.32 Å². The number of carbonyl (C=O) groups excluding carboxylic acids is 1. The van der Waals surface area contributed by atoms with Crippen LogP contribution in [0.25, 0.3) is 16.7 Å². The fourth-order valence-corrected chi connectivity index (χ4v) is 2.73. The SMILES string of the molecule is O=C(Nc1ccc(-n2ncc3c(=O)[nH]cnc32)cc1)[C@H](O)c1ccccc1. The van der Waals surface area contributed by atoms with Crippen LogP contribution in [0.2, 0.25) is 0 Å². The Morgan fingerprint density at radius 2 is 1.85 bits per heavy atom. The Labute approximate surface area is 153 Å². The summed E-state index contributed by atoms with van der Waals surface area (Å²) in [5.41, 5.74) is 1.91. The lowest BCUT2D eigenvalue weighted by atomic mass is 10.1. The molecule has 0 aliphatic heterocycles. The van der Waals surface area contributed by atoms with E-state index in [0.29, 0.717) is 28.0 Å². The summed E-state index contributed by atoms with van der Waals surface area (Å²) in [4.78, 5) is 30.6. The molecule has 2 aromatic heterocycles. The smallest absolute Gasteiger partial charge is 0.261 e. The Balaban J connectivity index is 1.54. The van der Waals surface area contributed by atoms with Gasteiger partial charge in [-0.2, -0.15) is 5.10 Å². The highest BCUT2D eigenvalue weighted by atomic mass is 16.3. The predicted molar refractivity (Wildman–Crippen MR) is 99.5 cm³/mol. The van der Waals surface area contributed by atoms with Crippen molar-refractivity contribution in [3.63, 3.8) is 0 Å². The standard InChI is InChI=1S/C19H15N5O3/c25-16(12-4-2-1-3-5-12)19(27)23-13-6-8-14(9-7-13)24-17-15(10-22-24)18(26)21-11-20-17/h1-11,16,25H,(H,23,27)(H,20,21,26)/t16-/m1/s1. The number of fused-ring (bicyclic) bond motifs is 1. The van der Waals surface area contributed by atoms with E-state index in [1.54, 1.807) is 48.5 Å². The Bertz CT molecular complexity index is 1150. The van der Waals surface area contributed by atoms with Gasteiger partial charge in [0.15, 0.2) is 11.8 Å². The van der Waals surface area contributed by atoms with Crippen molar-refractivity contribution in [1.82, 2.24) is 19.7 Å². The summed E-state index contributed by atoms with van der Waals surface area (Å²) in [5, 5.41) is 17.4. The number of hydrogen-bond acceptors (Lipinski definition) is 5. The summed E-state index contributed by atoms with van der Waals surface area (Å²) in [7, 11) is 0. The molecule has 8 heteroatoms. The first-order chi connectivity index (χ1) is 13.1. The molecule has 0 radical (unpaired) electrons. The minimum Gasteiger partial charge on any atom is -0.378 e. The zero-order chi connectivity index (χ0) is 18.8. The maximum absolute atomic E-state index is 12.2. The van der Waals surface area contributed by atoms with Crippen LogP contribution in [0, 0.1) is 0 Å². The van der Waals surface area contributed by atoms with Gasteiger partial charge in [-0.15, -0.1) is 0 Å². The number of benzene rings is 2. The number of nitrogens with zero attached hydrogens (tertiary/aromatic N) is 3. The predicted octanol–water partition coefficient (Wildman–Crippen LogP) is 1.78. The van der Waals surface area contributed by atoms with Gasteiger partial charge in [-0.1, -0.05) is 30.3 Å². The fraction of sp³-hybridized carbons (Fsp3) is 0.0526. The van der Waals surface area contributed by atoms with Gasteiger partial charge in [0.1, 0.15) is 5.39 Å². The first-order valence-corrected chi connectivity index (χ1v) is 8.19. The van der Waals surface area contributed by atoms with Crippen molar-refractivity contribution in [2.45, 2.75) is 6.10 Å². The summed E-state index contributed by atoms with van der Waals surface area (Å²) < 4.78 is 1.54. The quantitative estimate of drug-likeness (QED) is 0.513. The van der Waals surface area contributed by atoms with Crippen molar-refractivity contribution in [1.29, 1.82) is 0 Å². The molecule has 1 amide bonds. The third-order valence-electron chi connectivity index (χ3n) is 4.11. The highest BCUT2D eigenvalue weighted by molar-refractivity contribution is 5.94. The van der Waals surface area contributed by atoms with Crippen LogP contribution in [0.5, 0.6) is 0 Å². The number of aromatic nitrogens is 4. The normalized spacial score (nSPS) is 12.0. The minimum atomic E-state index is -1.25. The second kappa shape index (κ2) is 6.85. The molecule has 0 spiro atoms. The van der Waals surface area contributed by atoms with E-state index in [1.165, 1.54) is 17.2 Å². The molecule has 134 valence electrons. The van der Waals surface area contributed by atoms with Crippen LogP contribution in [-0.4, -0.2) is 30.8 Å². The Morgan fingerprint density at radius 3 is 2.59 bits per heavy atom. The van der Waals surface area contributed by atoms with Crippen LogP contribution in [-0.2, 0) is 4.79 Å². The van der Waals surface area contributed by atoms with E-state index in [0.717, 1.165) is 0 Å². The van der Waals surface area contributed by atoms with E-state index in [4.69, 9.17) is 0 Å². The summed E-state index contributed by atoms with van der Waals surface area (Å²) in [6.45, 7) is 0. The summed E-state index contributed by atoms with van der Waals surface area (Å²) >= 11 is 0. The van der Waals surface area contributed by atoms with Gasteiger partial charge in [0.25, 0.3) is 11.5 Å². The molecule has 8 nitrogen and oxygen atoms in total. The van der Waals surface area contributed by atoms with Crippen molar-refractivity contribution < 1.29 is 9.90 Å². The van der Waals surface area contributed by atoms with E-state index in [1.807, 2.05) is 6.07 Å². The average molecular weight is 361 g/mol. The van der Waals surface area contributed by atoms with Gasteiger partial charge in [0, 0.05) is 5.69 Å². The molecule has 0 saturated carbocycles. The maximum Gasteiger partial charge on any atom is 0.261 e. The molecule has 4 rings (SSSR count). The van der Waals surface area contributed by atoms with Gasteiger partial charge in [-0.3, -0.25) is 9.59 Å². The molecule has 0 unspecified atom stereocenters. The van der Waals surface area contributed by atoms with Gasteiger partial charge in [0.2, 0.25) is 0 Å². The van der Waals surface area contributed by atoms with Crippen molar-refractivity contribution in [3.05, 3.63) is 83.0 Å². The first kappa shape index (κ1) is 16.7. The third-order valence-corrected chi connectivity index (χ3v) is 4.11. The fourth-order valence-electron chi connectivity index (χ4n) is 2.73. The van der Waals surface area contributed by atoms with Crippen molar-refractivity contribution in [3.8, 4) is 5.69 Å². The van der Waals surface area contributed by atoms with Gasteiger partial charge in [-0.25, -0.2) is 9.67 Å². The summed E-state index contributed by atoms with van der Waals surface area (Å²) in [5.74, 6) is -0.522. The number of carbonyl (C=O) groups is 1. The van der Waals surface area contributed by atoms with Crippen LogP contribution in [0.4, 0.5) is 5.69 Å². The van der Waals surface area contributed by atoms with Crippen LogP contribution in [0.3, 0.4) is 0 Å². The van der Waals surface area contributed by atoms with Gasteiger partial charge < -0.3 is 15.4 Å². The monoisotopic (exact) mass is 361 g/mol. The molecule has 0 saturated heterocycles. The Hall–Kier alpha value is -3.78. The molecule has 0 fully saturated rings. The van der Waals surface area contributed by atoms with Gasteiger partial charge in [-0.05, 0) is 29.8 Å². The number of amides is 1. The molecule has 3 N–H and O–H groups in total. The second-order valence-electron chi connectivity index (χ2n) is 5.87. The number of rotatable bonds is 4. The Morgan fingerprint density at radius 1 is 1.11 bits per heavy atom. The molecular weight excluding hydrogens is 346 g/mol. The first-order valence-electron chi connectivity index (χ1n) is 8.19. The molecule has 0 aliphatic rings. The highest BCUT2D eigenvalue weighted by Gasteiger charge is 2.17. The summed E-state index contributed by atoms with van der Waals surface area (Å²) in [6, 6.07) is 15.5. The lowest BCUT2D eigenvalue weighted by Gasteiger charge is -2.12. The number of nitrogens with one attached hydrogen (secondary N) is 2. The molecule has 4 aromatic rings. The van der Waals surface area contributed by atoms with Crippen molar-refractivity contribution >= 4 is 22.6 Å². The zero-order valence-electron chi connectivity index (χ0n) is 14.0. The van der Waals surface area contributed by atoms with Gasteiger partial charge >= 0.3 is 0 Å². The molecule has 2 heterocycles. The third kappa shape index (κ3) is 3.21. The number of hydrogen-bond donors (Lipinski definition) is 3. The van der Waals surface area contributed by atoms with E-state index in [2.05, 4.69) is 20.4 Å². The maximum atomic E-state index is 12.2. The summed E-state index contributed by atoms with van der Waals surface area (Å²) in [6.07, 6.45) is 1.52. The lowest BCUT2D eigenvalue weighted by Crippen LogP contribution is -2.20. The largest absolute Gasteiger partial charge is 0.378 e. The molecule has 2 aromatic carbocycles. The Kier molecular flexibility index (Phi) is 4.23.